The third-order valence-electron chi connectivity index (χ3n) is 2.17. The van der Waals surface area contributed by atoms with Gasteiger partial charge in [0.25, 0.3) is 0 Å². The molecule has 4 N–H and O–H groups in total. The zero-order valence-corrected chi connectivity index (χ0v) is 9.20. The summed E-state index contributed by atoms with van der Waals surface area (Å²) in [5.41, 5.74) is 8.96. The maximum absolute atomic E-state index is 10.5. The van der Waals surface area contributed by atoms with E-state index in [1.165, 1.54) is 0 Å². The Morgan fingerprint density at radius 2 is 2.44 bits per heavy atom. The Morgan fingerprint density at radius 3 is 3.19 bits per heavy atom. The molecule has 2 rings (SSSR count). The number of nitrogens with two attached hydrogens (primary N) is 1. The van der Waals surface area contributed by atoms with Crippen molar-refractivity contribution in [2.24, 2.45) is 5.73 Å². The fourth-order valence-electron chi connectivity index (χ4n) is 1.28. The molecule has 0 aliphatic carbocycles. The van der Waals surface area contributed by atoms with Crippen LogP contribution in [0.5, 0.6) is 0 Å². The van der Waals surface area contributed by atoms with Crippen LogP contribution in [0, 0.1) is 0 Å². The standard InChI is InChI=1S/C10H11N3O2S/c11-7(10(14)15)4-12-6-1-2-8-9(3-6)16-5-13-8/h1-3,5,7,12H,4,11H2,(H,14,15). The molecule has 16 heavy (non-hydrogen) atoms. The smallest absolute Gasteiger partial charge is 0.322 e. The Morgan fingerprint density at radius 1 is 1.62 bits per heavy atom. The van der Waals surface area contributed by atoms with Crippen molar-refractivity contribution in [3.8, 4) is 0 Å². The van der Waals surface area contributed by atoms with Crippen LogP contribution >= 0.6 is 11.3 Å². The van der Waals surface area contributed by atoms with Gasteiger partial charge in [-0.1, -0.05) is 0 Å². The molecule has 5 nitrogen and oxygen atoms in total. The first-order valence-electron chi connectivity index (χ1n) is 4.72. The summed E-state index contributed by atoms with van der Waals surface area (Å²) >= 11 is 1.54. The van der Waals surface area contributed by atoms with Gasteiger partial charge in [0, 0.05) is 12.2 Å². The number of anilines is 1. The molecule has 6 heteroatoms. The molecule has 0 aliphatic rings. The van der Waals surface area contributed by atoms with Crippen LogP contribution in [0.15, 0.2) is 23.7 Å². The van der Waals surface area contributed by atoms with E-state index < -0.39 is 12.0 Å². The minimum atomic E-state index is -1.01. The lowest BCUT2D eigenvalue weighted by Gasteiger charge is -2.09. The molecule has 0 amide bonds. The Balaban J connectivity index is 2.06. The number of carboxylic acids is 1. The molecular weight excluding hydrogens is 226 g/mol. The quantitative estimate of drug-likeness (QED) is 0.741. The summed E-state index contributed by atoms with van der Waals surface area (Å²) in [6.07, 6.45) is 0. The van der Waals surface area contributed by atoms with Crippen LogP contribution in [-0.2, 0) is 4.79 Å². The molecule has 0 saturated carbocycles. The molecule has 1 atom stereocenters. The van der Waals surface area contributed by atoms with Crippen molar-refractivity contribution in [3.05, 3.63) is 23.7 Å². The van der Waals surface area contributed by atoms with Gasteiger partial charge < -0.3 is 16.2 Å². The summed E-state index contributed by atoms with van der Waals surface area (Å²) in [6, 6.07) is 4.79. The van der Waals surface area contributed by atoms with Gasteiger partial charge in [0.15, 0.2) is 0 Å². The van der Waals surface area contributed by atoms with Crippen molar-refractivity contribution in [1.29, 1.82) is 0 Å². The number of carboxylic acid groups (broad SMARTS) is 1. The number of carbonyl (C=O) groups is 1. The van der Waals surface area contributed by atoms with Crippen LogP contribution < -0.4 is 11.1 Å². The van der Waals surface area contributed by atoms with E-state index in [1.807, 2.05) is 18.2 Å². The highest BCUT2D eigenvalue weighted by Gasteiger charge is 2.10. The lowest BCUT2D eigenvalue weighted by molar-refractivity contribution is -0.138. The lowest BCUT2D eigenvalue weighted by atomic mass is 10.2. The first kappa shape index (κ1) is 10.8. The van der Waals surface area contributed by atoms with Gasteiger partial charge in [-0.3, -0.25) is 4.79 Å². The Bertz CT molecular complexity index is 511. The van der Waals surface area contributed by atoms with Gasteiger partial charge in [-0.05, 0) is 18.2 Å². The molecule has 0 spiro atoms. The molecule has 2 aromatic rings. The molecule has 1 unspecified atom stereocenters. The number of fused-ring (bicyclic) bond motifs is 1. The highest BCUT2D eigenvalue weighted by atomic mass is 32.1. The molecule has 1 aromatic heterocycles. The zero-order valence-electron chi connectivity index (χ0n) is 8.38. The van der Waals surface area contributed by atoms with E-state index in [4.69, 9.17) is 10.8 Å². The third kappa shape index (κ3) is 2.29. The number of rotatable bonds is 4. The number of hydrogen-bond donors (Lipinski definition) is 3. The first-order valence-corrected chi connectivity index (χ1v) is 5.60. The summed E-state index contributed by atoms with van der Waals surface area (Å²) in [5, 5.41) is 11.6. The molecule has 84 valence electrons. The average molecular weight is 237 g/mol. The highest BCUT2D eigenvalue weighted by Crippen LogP contribution is 2.21. The number of nitrogens with zero attached hydrogens (tertiary/aromatic N) is 1. The van der Waals surface area contributed by atoms with Gasteiger partial charge in [-0.2, -0.15) is 0 Å². The summed E-state index contributed by atoms with van der Waals surface area (Å²) in [5.74, 6) is -1.01. The highest BCUT2D eigenvalue weighted by molar-refractivity contribution is 7.16. The Labute approximate surface area is 95.9 Å². The van der Waals surface area contributed by atoms with Crippen molar-refractivity contribution >= 4 is 33.2 Å². The summed E-state index contributed by atoms with van der Waals surface area (Å²) in [4.78, 5) is 14.7. The van der Waals surface area contributed by atoms with Gasteiger partial charge in [-0.15, -0.1) is 11.3 Å². The molecule has 0 radical (unpaired) electrons. The van der Waals surface area contributed by atoms with Crippen molar-refractivity contribution in [3.63, 3.8) is 0 Å². The molecular formula is C10H11N3O2S. The van der Waals surface area contributed by atoms with Crippen molar-refractivity contribution in [2.45, 2.75) is 6.04 Å². The van der Waals surface area contributed by atoms with Crippen LogP contribution in [0.25, 0.3) is 10.2 Å². The maximum Gasteiger partial charge on any atom is 0.322 e. The van der Waals surface area contributed by atoms with Crippen LogP contribution in [0.4, 0.5) is 5.69 Å². The average Bonchev–Trinajstić information content (AvgIpc) is 2.72. The largest absolute Gasteiger partial charge is 0.480 e. The molecule has 0 saturated heterocycles. The Kier molecular flexibility index (Phi) is 3.02. The SMILES string of the molecule is NC(CNc1ccc2ncsc2c1)C(=O)O. The van der Waals surface area contributed by atoms with Gasteiger partial charge in [-0.25, -0.2) is 4.98 Å². The normalized spacial score (nSPS) is 12.6. The zero-order chi connectivity index (χ0) is 11.5. The second-order valence-electron chi connectivity index (χ2n) is 3.36. The number of hydrogen-bond acceptors (Lipinski definition) is 5. The molecule has 0 bridgehead atoms. The van der Waals surface area contributed by atoms with Crippen molar-refractivity contribution in [2.75, 3.05) is 11.9 Å². The fourth-order valence-corrected chi connectivity index (χ4v) is 2.00. The first-order chi connectivity index (χ1) is 7.66. The number of nitrogens with one attached hydrogen (secondary N) is 1. The summed E-state index contributed by atoms with van der Waals surface area (Å²) in [7, 11) is 0. The van der Waals surface area contributed by atoms with Gasteiger partial charge in [0.05, 0.1) is 15.7 Å². The van der Waals surface area contributed by atoms with Gasteiger partial charge >= 0.3 is 5.97 Å². The predicted octanol–water partition coefficient (Wildman–Crippen LogP) is 1.12. The van der Waals surface area contributed by atoms with E-state index in [1.54, 1.807) is 16.8 Å². The second kappa shape index (κ2) is 4.46. The second-order valence-corrected chi connectivity index (χ2v) is 4.25. The number of benzene rings is 1. The van der Waals surface area contributed by atoms with E-state index in [9.17, 15) is 4.79 Å². The maximum atomic E-state index is 10.5. The van der Waals surface area contributed by atoms with Crippen LogP contribution in [0.1, 0.15) is 0 Å². The molecule has 1 heterocycles. The minimum absolute atomic E-state index is 0.208. The van der Waals surface area contributed by atoms with Gasteiger partial charge in [0.2, 0.25) is 0 Å². The van der Waals surface area contributed by atoms with Crippen LogP contribution in [0.3, 0.4) is 0 Å². The summed E-state index contributed by atoms with van der Waals surface area (Å²) < 4.78 is 1.06. The van der Waals surface area contributed by atoms with E-state index in [-0.39, 0.29) is 6.54 Å². The van der Waals surface area contributed by atoms with E-state index >= 15 is 0 Å². The molecule has 0 aliphatic heterocycles. The van der Waals surface area contributed by atoms with Crippen LogP contribution in [-0.4, -0.2) is 28.6 Å². The topological polar surface area (TPSA) is 88.2 Å². The minimum Gasteiger partial charge on any atom is -0.480 e. The summed E-state index contributed by atoms with van der Waals surface area (Å²) in [6.45, 7) is 0.208. The molecule has 1 aromatic carbocycles. The lowest BCUT2D eigenvalue weighted by Crippen LogP contribution is -2.36. The number of aromatic nitrogens is 1. The van der Waals surface area contributed by atoms with E-state index in [2.05, 4.69) is 10.3 Å². The van der Waals surface area contributed by atoms with Gasteiger partial charge in [0.1, 0.15) is 6.04 Å². The van der Waals surface area contributed by atoms with E-state index in [0.717, 1.165) is 15.9 Å². The molecule has 0 fully saturated rings. The fraction of sp³-hybridized carbons (Fsp3) is 0.200. The van der Waals surface area contributed by atoms with Crippen LogP contribution in [0.2, 0.25) is 0 Å². The predicted molar refractivity (Wildman–Crippen MR) is 63.7 cm³/mol. The number of thiazole rings is 1. The monoisotopic (exact) mass is 237 g/mol. The van der Waals surface area contributed by atoms with E-state index in [0.29, 0.717) is 0 Å². The third-order valence-corrected chi connectivity index (χ3v) is 2.97. The Hall–Kier alpha value is -1.66. The van der Waals surface area contributed by atoms with Crippen molar-refractivity contribution in [1.82, 2.24) is 4.98 Å². The van der Waals surface area contributed by atoms with Crippen molar-refractivity contribution < 1.29 is 9.90 Å². The number of aliphatic carboxylic acids is 1.